The van der Waals surface area contributed by atoms with Gasteiger partial charge in [-0.2, -0.15) is 13.2 Å². The van der Waals surface area contributed by atoms with Gasteiger partial charge in [-0.05, 0) is 46.7 Å². The summed E-state index contributed by atoms with van der Waals surface area (Å²) in [5, 5.41) is 1.87. The van der Waals surface area contributed by atoms with E-state index in [-0.39, 0.29) is 6.54 Å². The molecule has 1 N–H and O–H groups in total. The number of halogens is 3. The number of alkyl halides is 3. The lowest BCUT2D eigenvalue weighted by Crippen LogP contribution is -2.37. The molecule has 0 fully saturated rings. The van der Waals surface area contributed by atoms with Gasteiger partial charge in [-0.25, -0.2) is 0 Å². The minimum absolute atomic E-state index is 0.0782. The average molecular weight is 358 g/mol. The van der Waals surface area contributed by atoms with Crippen molar-refractivity contribution in [1.29, 1.82) is 0 Å². The summed E-state index contributed by atoms with van der Waals surface area (Å²) in [6.45, 7) is 9.29. The maximum absolute atomic E-state index is 11.9. The van der Waals surface area contributed by atoms with Crippen molar-refractivity contribution < 1.29 is 22.5 Å². The minimum atomic E-state index is -4.78. The summed E-state index contributed by atoms with van der Waals surface area (Å²) in [4.78, 5) is 12.8. The lowest BCUT2D eigenvalue weighted by Gasteiger charge is -2.29. The van der Waals surface area contributed by atoms with Crippen LogP contribution in [0.25, 0.3) is 0 Å². The fourth-order valence-corrected chi connectivity index (χ4v) is 2.84. The lowest BCUT2D eigenvalue weighted by molar-refractivity contribution is -0.173. The topological polar surface area (TPSA) is 41.6 Å². The largest absolute Gasteiger partial charge is 0.471 e. The van der Waals surface area contributed by atoms with Crippen LogP contribution in [0.2, 0.25) is 0 Å². The van der Waals surface area contributed by atoms with Crippen LogP contribution in [0.3, 0.4) is 0 Å². The molecule has 1 unspecified atom stereocenters. The molecular weight excluding hydrogens is 328 g/mol. The molecule has 0 radical (unpaired) electrons. The summed E-state index contributed by atoms with van der Waals surface area (Å²) >= 11 is 0. The molecule has 1 atom stereocenters. The predicted molar refractivity (Wildman–Crippen MR) is 88.8 cm³/mol. The first-order valence-corrected chi connectivity index (χ1v) is 9.23. The molecule has 0 saturated carbocycles. The molecule has 4 nitrogen and oxygen atoms in total. The molecule has 0 aliphatic rings. The number of nitrogens with one attached hydrogen (secondary N) is 1. The first-order chi connectivity index (χ1) is 10.7. The second-order valence-corrected chi connectivity index (χ2v) is 7.11. The van der Waals surface area contributed by atoms with Gasteiger partial charge in [0, 0.05) is 27.4 Å². The molecule has 0 aliphatic carbocycles. The van der Waals surface area contributed by atoms with Crippen molar-refractivity contribution in [1.82, 2.24) is 10.2 Å². The van der Waals surface area contributed by atoms with E-state index in [2.05, 4.69) is 32.6 Å². The van der Waals surface area contributed by atoms with Gasteiger partial charge in [0.15, 0.2) is 0 Å². The van der Waals surface area contributed by atoms with Crippen molar-refractivity contribution in [2.24, 2.45) is 0 Å². The SMILES string of the molecule is CC(C)N(COPCCCCCCNC(=O)C(F)(F)F)C(C)C. The molecule has 138 valence electrons. The first-order valence-electron chi connectivity index (χ1n) is 8.11. The molecule has 23 heavy (non-hydrogen) atoms. The molecule has 1 amide bonds. The predicted octanol–water partition coefficient (Wildman–Crippen LogP) is 3.91. The van der Waals surface area contributed by atoms with Gasteiger partial charge in [0.25, 0.3) is 0 Å². The summed E-state index contributed by atoms with van der Waals surface area (Å²) < 4.78 is 41.5. The van der Waals surface area contributed by atoms with Gasteiger partial charge in [-0.1, -0.05) is 12.8 Å². The zero-order valence-corrected chi connectivity index (χ0v) is 15.5. The van der Waals surface area contributed by atoms with Gasteiger partial charge >= 0.3 is 12.1 Å². The van der Waals surface area contributed by atoms with E-state index in [1.165, 1.54) is 0 Å². The van der Waals surface area contributed by atoms with Gasteiger partial charge in [-0.3, -0.25) is 9.69 Å². The molecule has 0 aliphatic heterocycles. The lowest BCUT2D eigenvalue weighted by atomic mass is 10.2. The monoisotopic (exact) mass is 358 g/mol. The second-order valence-electron chi connectivity index (χ2n) is 6.04. The van der Waals surface area contributed by atoms with Crippen LogP contribution >= 0.6 is 8.81 Å². The highest BCUT2D eigenvalue weighted by Crippen LogP contribution is 2.18. The van der Waals surface area contributed by atoms with E-state index in [4.69, 9.17) is 4.52 Å². The fourth-order valence-electron chi connectivity index (χ4n) is 2.06. The quantitative estimate of drug-likeness (QED) is 0.327. The van der Waals surface area contributed by atoms with E-state index in [0.717, 1.165) is 25.4 Å². The minimum Gasteiger partial charge on any atom is -0.348 e. The number of amides is 1. The van der Waals surface area contributed by atoms with E-state index < -0.39 is 12.1 Å². The van der Waals surface area contributed by atoms with Crippen LogP contribution < -0.4 is 5.32 Å². The van der Waals surface area contributed by atoms with Crippen LogP contribution in [0, 0.1) is 0 Å². The second kappa shape index (κ2) is 12.0. The van der Waals surface area contributed by atoms with Gasteiger partial charge in [0.05, 0.1) is 0 Å². The van der Waals surface area contributed by atoms with E-state index in [1.54, 1.807) is 0 Å². The molecule has 0 heterocycles. The van der Waals surface area contributed by atoms with Crippen molar-refractivity contribution in [3.8, 4) is 0 Å². The summed E-state index contributed by atoms with van der Waals surface area (Å²) in [6, 6.07) is 0.901. The molecule has 0 spiro atoms. The number of carbonyl (C=O) groups is 1. The highest BCUT2D eigenvalue weighted by atomic mass is 31.1. The van der Waals surface area contributed by atoms with Crippen LogP contribution in [0.15, 0.2) is 0 Å². The maximum atomic E-state index is 11.9. The average Bonchev–Trinajstić information content (AvgIpc) is 2.42. The zero-order chi connectivity index (χ0) is 17.9. The van der Waals surface area contributed by atoms with Crippen LogP contribution in [-0.4, -0.2) is 48.5 Å². The molecule has 0 rings (SSSR count). The van der Waals surface area contributed by atoms with Gasteiger partial charge in [0.1, 0.15) is 6.73 Å². The highest BCUT2D eigenvalue weighted by Gasteiger charge is 2.38. The van der Waals surface area contributed by atoms with Crippen molar-refractivity contribution in [2.45, 2.75) is 71.6 Å². The number of carbonyl (C=O) groups excluding carboxylic acids is 1. The van der Waals surface area contributed by atoms with Gasteiger partial charge < -0.3 is 9.84 Å². The Kier molecular flexibility index (Phi) is 11.8. The summed E-state index contributed by atoms with van der Waals surface area (Å²) in [7, 11) is 0.451. The molecule has 0 bridgehead atoms. The van der Waals surface area contributed by atoms with Gasteiger partial charge in [0.2, 0.25) is 0 Å². The number of hydrogen-bond donors (Lipinski definition) is 1. The standard InChI is InChI=1S/C15H30F3N2O2P/c1-12(2)20(13(3)4)11-22-23-10-8-6-5-7-9-19-14(21)15(16,17)18/h12-13,23H,5-11H2,1-4H3,(H,19,21). The molecule has 0 aromatic carbocycles. The van der Waals surface area contributed by atoms with Crippen molar-refractivity contribution in [3.05, 3.63) is 0 Å². The highest BCUT2D eigenvalue weighted by molar-refractivity contribution is 7.32. The van der Waals surface area contributed by atoms with Crippen LogP contribution in [0.5, 0.6) is 0 Å². The number of nitrogens with zero attached hydrogens (tertiary/aromatic N) is 1. The number of hydrogen-bond acceptors (Lipinski definition) is 3. The maximum Gasteiger partial charge on any atom is 0.471 e. The van der Waals surface area contributed by atoms with Crippen molar-refractivity contribution in [2.75, 3.05) is 19.4 Å². The summed E-state index contributed by atoms with van der Waals surface area (Å²) in [5.41, 5.74) is 0. The van der Waals surface area contributed by atoms with E-state index in [0.29, 0.717) is 34.0 Å². The Morgan fingerprint density at radius 2 is 1.65 bits per heavy atom. The van der Waals surface area contributed by atoms with E-state index in [1.807, 2.05) is 5.32 Å². The van der Waals surface area contributed by atoms with E-state index >= 15 is 0 Å². The van der Waals surface area contributed by atoms with Crippen LogP contribution in [0.1, 0.15) is 53.4 Å². The first kappa shape index (κ1) is 22.6. The molecule has 0 aromatic heterocycles. The Labute approximate surface area is 139 Å². The Bertz CT molecular complexity index is 318. The van der Waals surface area contributed by atoms with E-state index in [9.17, 15) is 18.0 Å². The Balaban J connectivity index is 3.45. The Hall–Kier alpha value is -0.390. The molecule has 8 heteroatoms. The van der Waals surface area contributed by atoms with Gasteiger partial charge in [-0.15, -0.1) is 0 Å². The Morgan fingerprint density at radius 1 is 1.09 bits per heavy atom. The molecular formula is C15H30F3N2O2P. The van der Waals surface area contributed by atoms with Crippen molar-refractivity contribution in [3.63, 3.8) is 0 Å². The van der Waals surface area contributed by atoms with Crippen molar-refractivity contribution >= 4 is 14.7 Å². The smallest absolute Gasteiger partial charge is 0.348 e. The number of unbranched alkanes of at least 4 members (excludes halogenated alkanes) is 3. The normalized spacial score (nSPS) is 13.0. The molecule has 0 aromatic rings. The fraction of sp³-hybridized carbons (Fsp3) is 0.933. The van der Waals surface area contributed by atoms with Crippen LogP contribution in [-0.2, 0) is 9.32 Å². The summed E-state index contributed by atoms with van der Waals surface area (Å²) in [6.07, 6.45) is -0.490. The third kappa shape index (κ3) is 11.7. The third-order valence-electron chi connectivity index (χ3n) is 3.39. The number of rotatable bonds is 12. The Morgan fingerprint density at radius 3 is 2.17 bits per heavy atom. The molecule has 0 saturated heterocycles. The summed E-state index contributed by atoms with van der Waals surface area (Å²) in [5.74, 6) is -1.85. The van der Waals surface area contributed by atoms with Crippen LogP contribution in [0.4, 0.5) is 13.2 Å². The third-order valence-corrected chi connectivity index (χ3v) is 4.28. The zero-order valence-electron chi connectivity index (χ0n) is 14.5.